The molecule has 0 bridgehead atoms. The van der Waals surface area contributed by atoms with E-state index in [-0.39, 0.29) is 22.7 Å². The van der Waals surface area contributed by atoms with Crippen LogP contribution in [0.1, 0.15) is 0 Å². The lowest BCUT2D eigenvalue weighted by molar-refractivity contribution is 0.471. The van der Waals surface area contributed by atoms with E-state index in [4.69, 9.17) is 5.11 Å². The molecule has 0 aliphatic rings. The Hall–Kier alpha value is 0.940. The molecular weight excluding hydrogens is 408 g/mol. The summed E-state index contributed by atoms with van der Waals surface area (Å²) in [6, 6.07) is 3.38. The standard InChI is InChI=1S/C6H3Br3O.BrH/c7-3-1-2-4(10)6(9)5(3)8;/h1-2,10H;1H. The van der Waals surface area contributed by atoms with Crippen LogP contribution in [-0.4, -0.2) is 5.11 Å². The first-order valence-electron chi connectivity index (χ1n) is 2.45. The van der Waals surface area contributed by atoms with Gasteiger partial charge in [-0.3, -0.25) is 0 Å². The predicted molar refractivity (Wildman–Crippen MR) is 61.5 cm³/mol. The summed E-state index contributed by atoms with van der Waals surface area (Å²) in [4.78, 5) is 0. The lowest BCUT2D eigenvalue weighted by Gasteiger charge is -2.00. The molecular formula is C6H4Br4O. The average Bonchev–Trinajstić information content (AvgIpc) is 1.93. The number of phenols is 1. The van der Waals surface area contributed by atoms with E-state index < -0.39 is 0 Å². The molecule has 5 heteroatoms. The maximum Gasteiger partial charge on any atom is 0.130 e. The third-order valence-corrected chi connectivity index (χ3v) is 4.37. The van der Waals surface area contributed by atoms with E-state index in [1.54, 1.807) is 12.1 Å². The van der Waals surface area contributed by atoms with Gasteiger partial charge in [0.15, 0.2) is 0 Å². The van der Waals surface area contributed by atoms with Crippen LogP contribution in [0.3, 0.4) is 0 Å². The zero-order valence-corrected chi connectivity index (χ0v) is 11.6. The molecule has 11 heavy (non-hydrogen) atoms. The molecule has 0 spiro atoms. The van der Waals surface area contributed by atoms with Gasteiger partial charge >= 0.3 is 0 Å². The van der Waals surface area contributed by atoms with Crippen molar-refractivity contribution in [2.45, 2.75) is 0 Å². The second-order valence-electron chi connectivity index (χ2n) is 1.69. The minimum absolute atomic E-state index is 0. The van der Waals surface area contributed by atoms with Crippen molar-refractivity contribution in [3.63, 3.8) is 0 Å². The number of hydrogen-bond acceptors (Lipinski definition) is 1. The Kier molecular flexibility index (Phi) is 5.26. The molecule has 1 nitrogen and oxygen atoms in total. The van der Waals surface area contributed by atoms with E-state index in [1.807, 2.05) is 0 Å². The van der Waals surface area contributed by atoms with E-state index >= 15 is 0 Å². The summed E-state index contributed by atoms with van der Waals surface area (Å²) in [5.41, 5.74) is 0. The highest BCUT2D eigenvalue weighted by Gasteiger charge is 2.04. The summed E-state index contributed by atoms with van der Waals surface area (Å²) < 4.78 is 2.41. The number of aromatic hydroxyl groups is 1. The van der Waals surface area contributed by atoms with Gasteiger partial charge in [0.2, 0.25) is 0 Å². The molecule has 0 atom stereocenters. The molecule has 0 saturated heterocycles. The highest BCUT2D eigenvalue weighted by Crippen LogP contribution is 2.36. The van der Waals surface area contributed by atoms with Gasteiger partial charge in [-0.1, -0.05) is 0 Å². The van der Waals surface area contributed by atoms with Crippen LogP contribution in [-0.2, 0) is 0 Å². The summed E-state index contributed by atoms with van der Waals surface area (Å²) in [6.07, 6.45) is 0. The first-order chi connectivity index (χ1) is 4.63. The smallest absolute Gasteiger partial charge is 0.130 e. The topological polar surface area (TPSA) is 20.2 Å². The molecule has 1 N–H and O–H groups in total. The first-order valence-corrected chi connectivity index (χ1v) is 4.83. The molecule has 0 unspecified atom stereocenters. The molecule has 0 saturated carbocycles. The Morgan fingerprint density at radius 3 is 2.00 bits per heavy atom. The van der Waals surface area contributed by atoms with Gasteiger partial charge < -0.3 is 5.11 Å². The monoisotopic (exact) mass is 408 g/mol. The van der Waals surface area contributed by atoms with Crippen LogP contribution < -0.4 is 0 Å². The number of benzene rings is 1. The molecule has 1 aromatic rings. The van der Waals surface area contributed by atoms with Crippen molar-refractivity contribution >= 4 is 64.8 Å². The van der Waals surface area contributed by atoms with Crippen molar-refractivity contribution < 1.29 is 5.11 Å². The average molecular weight is 412 g/mol. The van der Waals surface area contributed by atoms with Gasteiger partial charge in [0.25, 0.3) is 0 Å². The van der Waals surface area contributed by atoms with Crippen molar-refractivity contribution in [3.05, 3.63) is 25.6 Å². The largest absolute Gasteiger partial charge is 0.507 e. The van der Waals surface area contributed by atoms with Crippen molar-refractivity contribution in [2.75, 3.05) is 0 Å². The van der Waals surface area contributed by atoms with Gasteiger partial charge in [-0.25, -0.2) is 0 Å². The fourth-order valence-electron chi connectivity index (χ4n) is 0.516. The van der Waals surface area contributed by atoms with Crippen LogP contribution in [0, 0.1) is 0 Å². The van der Waals surface area contributed by atoms with Crippen molar-refractivity contribution in [2.24, 2.45) is 0 Å². The normalized spacial score (nSPS) is 9.00. The lowest BCUT2D eigenvalue weighted by Crippen LogP contribution is -1.72. The Morgan fingerprint density at radius 2 is 1.55 bits per heavy atom. The van der Waals surface area contributed by atoms with E-state index in [2.05, 4.69) is 47.8 Å². The minimum Gasteiger partial charge on any atom is -0.507 e. The molecule has 0 amide bonds. The van der Waals surface area contributed by atoms with Crippen LogP contribution in [0.4, 0.5) is 0 Å². The molecule has 0 aromatic heterocycles. The predicted octanol–water partition coefficient (Wildman–Crippen LogP) is 4.26. The van der Waals surface area contributed by atoms with Gasteiger partial charge in [-0.15, -0.1) is 17.0 Å². The first kappa shape index (κ1) is 11.9. The molecule has 62 valence electrons. The number of halogens is 4. The molecule has 1 rings (SSSR count). The highest BCUT2D eigenvalue weighted by molar-refractivity contribution is 9.14. The van der Waals surface area contributed by atoms with E-state index in [0.717, 1.165) is 8.95 Å². The van der Waals surface area contributed by atoms with E-state index in [0.29, 0.717) is 4.47 Å². The Balaban J connectivity index is 0.000001000. The van der Waals surface area contributed by atoms with Gasteiger partial charge in [0, 0.05) is 8.95 Å². The van der Waals surface area contributed by atoms with Crippen LogP contribution in [0.5, 0.6) is 5.75 Å². The Morgan fingerprint density at radius 1 is 1.00 bits per heavy atom. The second-order valence-corrected chi connectivity index (χ2v) is 4.13. The minimum atomic E-state index is 0. The van der Waals surface area contributed by atoms with Gasteiger partial charge in [0.1, 0.15) is 5.75 Å². The quantitative estimate of drug-likeness (QED) is 0.633. The summed E-state index contributed by atoms with van der Waals surface area (Å²) in [5.74, 6) is 0.232. The Bertz CT molecular complexity index is 234. The van der Waals surface area contributed by atoms with Gasteiger partial charge in [-0.2, -0.15) is 0 Å². The number of hydrogen-bond donors (Lipinski definition) is 1. The maximum absolute atomic E-state index is 9.13. The summed E-state index contributed by atoms with van der Waals surface area (Å²) >= 11 is 9.77. The summed E-state index contributed by atoms with van der Waals surface area (Å²) in [6.45, 7) is 0. The van der Waals surface area contributed by atoms with Crippen molar-refractivity contribution in [3.8, 4) is 5.75 Å². The highest BCUT2D eigenvalue weighted by atomic mass is 79.9. The molecule has 0 aliphatic carbocycles. The molecule has 0 heterocycles. The van der Waals surface area contributed by atoms with Crippen molar-refractivity contribution in [1.29, 1.82) is 0 Å². The summed E-state index contributed by atoms with van der Waals surface area (Å²) in [5, 5.41) is 9.13. The SMILES string of the molecule is Br.Oc1ccc(Br)c(Br)c1Br. The fourth-order valence-corrected chi connectivity index (χ4v) is 1.79. The van der Waals surface area contributed by atoms with Crippen molar-refractivity contribution in [1.82, 2.24) is 0 Å². The fraction of sp³-hybridized carbons (Fsp3) is 0. The van der Waals surface area contributed by atoms with E-state index in [9.17, 15) is 0 Å². The van der Waals surface area contributed by atoms with Crippen LogP contribution in [0.2, 0.25) is 0 Å². The second kappa shape index (κ2) is 4.84. The van der Waals surface area contributed by atoms with Crippen LogP contribution >= 0.6 is 64.8 Å². The third-order valence-electron chi connectivity index (χ3n) is 1.01. The molecule has 0 aliphatic heterocycles. The third kappa shape index (κ3) is 2.72. The van der Waals surface area contributed by atoms with Crippen LogP contribution in [0.15, 0.2) is 25.6 Å². The van der Waals surface area contributed by atoms with Crippen LogP contribution in [0.25, 0.3) is 0 Å². The zero-order valence-electron chi connectivity index (χ0n) is 5.14. The zero-order chi connectivity index (χ0) is 7.72. The lowest BCUT2D eigenvalue weighted by atomic mass is 10.3. The Labute approximate surface area is 100 Å². The number of rotatable bonds is 0. The van der Waals surface area contributed by atoms with Gasteiger partial charge in [0.05, 0.1) is 4.47 Å². The molecule has 1 aromatic carbocycles. The number of phenolic OH excluding ortho intramolecular Hbond substituents is 1. The molecule has 0 radical (unpaired) electrons. The molecule has 0 fully saturated rings. The summed E-state index contributed by atoms with van der Waals surface area (Å²) in [7, 11) is 0. The maximum atomic E-state index is 9.13. The van der Waals surface area contributed by atoms with E-state index in [1.165, 1.54) is 0 Å². The van der Waals surface area contributed by atoms with Gasteiger partial charge in [-0.05, 0) is 59.9 Å².